The van der Waals surface area contributed by atoms with Gasteiger partial charge in [0.25, 0.3) is 0 Å². The zero-order chi connectivity index (χ0) is 13.9. The zero-order valence-electron chi connectivity index (χ0n) is 10.7. The molecule has 0 saturated heterocycles. The molecule has 0 bridgehead atoms. The lowest BCUT2D eigenvalue weighted by Crippen LogP contribution is -2.44. The monoisotopic (exact) mass is 394 g/mol. The topological polar surface area (TPSA) is 72.2 Å². The van der Waals surface area contributed by atoms with Gasteiger partial charge >= 0.3 is 0 Å². The lowest BCUT2D eigenvalue weighted by molar-refractivity contribution is 0.405. The van der Waals surface area contributed by atoms with Gasteiger partial charge in [0.2, 0.25) is 10.0 Å². The Morgan fingerprint density at radius 2 is 2.05 bits per heavy atom. The minimum absolute atomic E-state index is 0.148. The highest BCUT2D eigenvalue weighted by molar-refractivity contribution is 14.1. The summed E-state index contributed by atoms with van der Waals surface area (Å²) in [6.45, 7) is 0.355. The fourth-order valence-corrected chi connectivity index (χ4v) is 4.72. The average Bonchev–Trinajstić information content (AvgIpc) is 2.90. The van der Waals surface area contributed by atoms with E-state index in [9.17, 15) is 8.42 Å². The molecule has 2 rings (SSSR count). The second-order valence-corrected chi connectivity index (χ2v) is 7.93. The number of hydrogen-bond donors (Lipinski definition) is 2. The van der Waals surface area contributed by atoms with Gasteiger partial charge in [-0.3, -0.25) is 0 Å². The largest absolute Gasteiger partial charge is 0.329 e. The SMILES string of the molecule is NCC(NS(=O)(=O)c1cccc(I)c1)C1CCCC1. The number of sulfonamides is 1. The number of halogens is 1. The molecular weight excluding hydrogens is 375 g/mol. The van der Waals surface area contributed by atoms with Crippen molar-refractivity contribution in [3.63, 3.8) is 0 Å². The second-order valence-electron chi connectivity index (χ2n) is 4.97. The highest BCUT2D eigenvalue weighted by Gasteiger charge is 2.28. The van der Waals surface area contributed by atoms with Gasteiger partial charge in [0.1, 0.15) is 0 Å². The fourth-order valence-electron chi connectivity index (χ4n) is 2.60. The maximum Gasteiger partial charge on any atom is 0.240 e. The van der Waals surface area contributed by atoms with E-state index in [1.165, 1.54) is 12.8 Å². The molecule has 0 amide bonds. The van der Waals surface area contributed by atoms with Crippen molar-refractivity contribution >= 4 is 32.6 Å². The Morgan fingerprint density at radius 1 is 1.37 bits per heavy atom. The number of rotatable bonds is 5. The van der Waals surface area contributed by atoms with Gasteiger partial charge in [-0.2, -0.15) is 0 Å². The summed E-state index contributed by atoms with van der Waals surface area (Å²) < 4.78 is 28.4. The van der Waals surface area contributed by atoms with Crippen LogP contribution in [0.5, 0.6) is 0 Å². The Kier molecular flexibility index (Phi) is 5.22. The van der Waals surface area contributed by atoms with Gasteiger partial charge in [-0.25, -0.2) is 13.1 Å². The van der Waals surface area contributed by atoms with Crippen LogP contribution in [-0.4, -0.2) is 21.0 Å². The molecule has 1 aliphatic carbocycles. The van der Waals surface area contributed by atoms with Crippen molar-refractivity contribution in [3.05, 3.63) is 27.8 Å². The van der Waals surface area contributed by atoms with Gasteiger partial charge in [0.15, 0.2) is 0 Å². The van der Waals surface area contributed by atoms with Crippen LogP contribution < -0.4 is 10.5 Å². The number of nitrogens with two attached hydrogens (primary N) is 1. The smallest absolute Gasteiger partial charge is 0.240 e. The first kappa shape index (κ1) is 15.2. The van der Waals surface area contributed by atoms with Crippen molar-refractivity contribution in [3.8, 4) is 0 Å². The van der Waals surface area contributed by atoms with E-state index in [1.54, 1.807) is 18.2 Å². The minimum atomic E-state index is -3.47. The quantitative estimate of drug-likeness (QED) is 0.752. The fraction of sp³-hybridized carbons (Fsp3) is 0.538. The summed E-state index contributed by atoms with van der Waals surface area (Å²) in [5, 5.41) is 0. The summed E-state index contributed by atoms with van der Waals surface area (Å²) in [7, 11) is -3.47. The molecule has 1 fully saturated rings. The summed E-state index contributed by atoms with van der Waals surface area (Å²) in [5.41, 5.74) is 5.74. The van der Waals surface area contributed by atoms with E-state index in [-0.39, 0.29) is 6.04 Å². The van der Waals surface area contributed by atoms with Crippen molar-refractivity contribution in [2.45, 2.75) is 36.6 Å². The lowest BCUT2D eigenvalue weighted by Gasteiger charge is -2.23. The maximum absolute atomic E-state index is 12.3. The van der Waals surface area contributed by atoms with E-state index < -0.39 is 10.0 Å². The molecule has 3 N–H and O–H groups in total. The Balaban J connectivity index is 2.15. The van der Waals surface area contributed by atoms with Crippen LogP contribution in [0.1, 0.15) is 25.7 Å². The maximum atomic E-state index is 12.3. The first-order chi connectivity index (χ1) is 9.03. The number of hydrogen-bond acceptors (Lipinski definition) is 3. The van der Waals surface area contributed by atoms with Crippen LogP contribution >= 0.6 is 22.6 Å². The minimum Gasteiger partial charge on any atom is -0.329 e. The molecule has 6 heteroatoms. The molecule has 0 radical (unpaired) electrons. The second kappa shape index (κ2) is 6.51. The molecule has 106 valence electrons. The summed E-state index contributed by atoms with van der Waals surface area (Å²) in [5.74, 6) is 0.377. The van der Waals surface area contributed by atoms with Gasteiger partial charge in [0, 0.05) is 16.2 Å². The van der Waals surface area contributed by atoms with E-state index in [0.717, 1.165) is 16.4 Å². The molecule has 19 heavy (non-hydrogen) atoms. The molecule has 0 aromatic heterocycles. The normalized spacial score (nSPS) is 18.6. The first-order valence-electron chi connectivity index (χ1n) is 6.51. The summed E-state index contributed by atoms with van der Waals surface area (Å²) in [6, 6.07) is 6.77. The van der Waals surface area contributed by atoms with Crippen LogP contribution in [0.15, 0.2) is 29.2 Å². The van der Waals surface area contributed by atoms with E-state index >= 15 is 0 Å². The summed E-state index contributed by atoms with van der Waals surface area (Å²) in [6.07, 6.45) is 4.48. The number of benzene rings is 1. The van der Waals surface area contributed by atoms with E-state index in [0.29, 0.717) is 17.4 Å². The lowest BCUT2D eigenvalue weighted by atomic mass is 9.99. The molecule has 0 aliphatic heterocycles. The third kappa shape index (κ3) is 3.90. The van der Waals surface area contributed by atoms with Crippen LogP contribution in [0.25, 0.3) is 0 Å². The van der Waals surface area contributed by atoms with Crippen LogP contribution in [0.4, 0.5) is 0 Å². The molecule has 0 heterocycles. The molecule has 1 aromatic carbocycles. The molecule has 1 saturated carbocycles. The predicted octanol–water partition coefficient (Wildman–Crippen LogP) is 2.09. The highest BCUT2D eigenvalue weighted by Crippen LogP contribution is 2.28. The van der Waals surface area contributed by atoms with E-state index in [2.05, 4.69) is 27.3 Å². The molecule has 0 spiro atoms. The van der Waals surface area contributed by atoms with Gasteiger partial charge in [0.05, 0.1) is 4.90 Å². The Labute approximate surface area is 128 Å². The van der Waals surface area contributed by atoms with Gasteiger partial charge < -0.3 is 5.73 Å². The van der Waals surface area contributed by atoms with Crippen LogP contribution in [0, 0.1) is 9.49 Å². The zero-order valence-corrected chi connectivity index (χ0v) is 13.7. The van der Waals surface area contributed by atoms with E-state index in [4.69, 9.17) is 5.73 Å². The predicted molar refractivity (Wildman–Crippen MR) is 84.3 cm³/mol. The third-order valence-corrected chi connectivity index (χ3v) is 5.79. The first-order valence-corrected chi connectivity index (χ1v) is 9.07. The molecule has 1 aliphatic rings. The summed E-state index contributed by atoms with van der Waals surface area (Å²) in [4.78, 5) is 0.316. The Hall–Kier alpha value is -0.180. The van der Waals surface area contributed by atoms with E-state index in [1.807, 2.05) is 6.07 Å². The van der Waals surface area contributed by atoms with Crippen molar-refractivity contribution in [2.75, 3.05) is 6.54 Å². The molecule has 4 nitrogen and oxygen atoms in total. The summed E-state index contributed by atoms with van der Waals surface area (Å²) >= 11 is 2.11. The van der Waals surface area contributed by atoms with Gasteiger partial charge in [-0.1, -0.05) is 18.9 Å². The van der Waals surface area contributed by atoms with Crippen LogP contribution in [0.3, 0.4) is 0 Å². The standard InChI is InChI=1S/C13H19IN2O2S/c14-11-6-3-7-12(8-11)19(17,18)16-13(9-15)10-4-1-2-5-10/h3,6-8,10,13,16H,1-2,4-5,9,15H2. The Bertz CT molecular complexity index is 527. The molecule has 1 aromatic rings. The van der Waals surface area contributed by atoms with Gasteiger partial charge in [-0.15, -0.1) is 0 Å². The van der Waals surface area contributed by atoms with Crippen molar-refractivity contribution in [1.29, 1.82) is 0 Å². The number of nitrogens with one attached hydrogen (secondary N) is 1. The van der Waals surface area contributed by atoms with Crippen molar-refractivity contribution in [1.82, 2.24) is 4.72 Å². The molecule has 1 atom stereocenters. The Morgan fingerprint density at radius 3 is 2.63 bits per heavy atom. The van der Waals surface area contributed by atoms with Crippen molar-refractivity contribution in [2.24, 2.45) is 11.7 Å². The highest BCUT2D eigenvalue weighted by atomic mass is 127. The van der Waals surface area contributed by atoms with Crippen molar-refractivity contribution < 1.29 is 8.42 Å². The van der Waals surface area contributed by atoms with Crippen LogP contribution in [-0.2, 0) is 10.0 Å². The van der Waals surface area contributed by atoms with Gasteiger partial charge in [-0.05, 0) is 59.5 Å². The molecular formula is C13H19IN2O2S. The average molecular weight is 394 g/mol. The third-order valence-electron chi connectivity index (χ3n) is 3.64. The van der Waals surface area contributed by atoms with Crippen LogP contribution in [0.2, 0.25) is 0 Å². The molecule has 1 unspecified atom stereocenters.